The van der Waals surface area contributed by atoms with Gasteiger partial charge in [-0.1, -0.05) is 25.0 Å². The van der Waals surface area contributed by atoms with Gasteiger partial charge in [0.2, 0.25) is 0 Å². The topological polar surface area (TPSA) is 79.4 Å². The van der Waals surface area contributed by atoms with E-state index in [0.717, 1.165) is 56.6 Å². The molecule has 160 valence electrons. The third-order valence-electron chi connectivity index (χ3n) is 6.60. The molecule has 3 fully saturated rings. The summed E-state index contributed by atoms with van der Waals surface area (Å²) in [5, 5.41) is 0. The van der Waals surface area contributed by atoms with Gasteiger partial charge in [0.25, 0.3) is 0 Å². The number of nitrogens with zero attached hydrogens (tertiary/aromatic N) is 3. The van der Waals surface area contributed by atoms with E-state index in [1.165, 1.54) is 9.80 Å². The number of fused-ring (bicyclic) bond motifs is 1. The molecule has 2 atom stereocenters. The molecule has 3 heterocycles. The van der Waals surface area contributed by atoms with Crippen molar-refractivity contribution in [2.75, 3.05) is 26.2 Å². The molecule has 8 nitrogen and oxygen atoms in total. The summed E-state index contributed by atoms with van der Waals surface area (Å²) in [6, 6.07) is 6.80. The molecule has 30 heavy (non-hydrogen) atoms. The first-order valence-corrected chi connectivity index (χ1v) is 10.9. The van der Waals surface area contributed by atoms with Gasteiger partial charge in [-0.05, 0) is 44.4 Å². The number of carbonyl (C=O) groups is 3. The molecule has 5 rings (SSSR count). The molecule has 2 unspecified atom stereocenters. The maximum Gasteiger partial charge on any atom is 0.334 e. The molecular weight excluding hydrogens is 386 g/mol. The fourth-order valence-corrected chi connectivity index (χ4v) is 5.15. The van der Waals surface area contributed by atoms with Gasteiger partial charge < -0.3 is 9.47 Å². The number of urea groups is 1. The molecule has 0 radical (unpaired) electrons. The lowest BCUT2D eigenvalue weighted by atomic mass is 10.0. The van der Waals surface area contributed by atoms with Crippen molar-refractivity contribution in [2.45, 2.75) is 56.7 Å². The molecule has 0 bridgehead atoms. The van der Waals surface area contributed by atoms with Crippen molar-refractivity contribution in [2.24, 2.45) is 0 Å². The highest BCUT2D eigenvalue weighted by atomic mass is 16.6. The van der Waals surface area contributed by atoms with Gasteiger partial charge in [0.15, 0.2) is 11.5 Å². The summed E-state index contributed by atoms with van der Waals surface area (Å²) in [6.07, 6.45) is 5.08. The summed E-state index contributed by atoms with van der Waals surface area (Å²) in [5.74, 6) is 0.184. The molecule has 1 aromatic carbocycles. The average Bonchev–Trinajstić information content (AvgIpc) is 3.35. The van der Waals surface area contributed by atoms with E-state index in [2.05, 4.69) is 4.90 Å². The zero-order valence-corrected chi connectivity index (χ0v) is 17.0. The van der Waals surface area contributed by atoms with E-state index in [9.17, 15) is 14.4 Å². The summed E-state index contributed by atoms with van der Waals surface area (Å²) in [5.41, 5.74) is 0. The van der Waals surface area contributed by atoms with Gasteiger partial charge in [0, 0.05) is 19.1 Å². The second-order valence-electron chi connectivity index (χ2n) is 8.62. The van der Waals surface area contributed by atoms with Crippen LogP contribution in [0, 0.1) is 0 Å². The molecule has 2 saturated heterocycles. The Hall–Kier alpha value is -2.61. The molecule has 8 heteroatoms. The maximum atomic E-state index is 13.0. The molecule has 1 aliphatic carbocycles. The van der Waals surface area contributed by atoms with Crippen molar-refractivity contribution in [3.63, 3.8) is 0 Å². The number of imide groups is 2. The van der Waals surface area contributed by atoms with Gasteiger partial charge in [0.05, 0.1) is 6.04 Å². The highest BCUT2D eigenvalue weighted by molar-refractivity contribution is 6.44. The molecule has 1 saturated carbocycles. The zero-order valence-electron chi connectivity index (χ0n) is 17.0. The minimum atomic E-state index is -0.662. The van der Waals surface area contributed by atoms with E-state index in [4.69, 9.17) is 9.47 Å². The van der Waals surface area contributed by atoms with Crippen LogP contribution in [-0.4, -0.2) is 77.0 Å². The van der Waals surface area contributed by atoms with Crippen molar-refractivity contribution < 1.29 is 23.9 Å². The molecule has 4 amide bonds. The largest absolute Gasteiger partial charge is 0.486 e. The van der Waals surface area contributed by atoms with Gasteiger partial charge in [-0.15, -0.1) is 0 Å². The number of rotatable bonds is 4. The predicted molar refractivity (Wildman–Crippen MR) is 107 cm³/mol. The van der Waals surface area contributed by atoms with Crippen LogP contribution in [0.4, 0.5) is 4.79 Å². The monoisotopic (exact) mass is 413 g/mol. The summed E-state index contributed by atoms with van der Waals surface area (Å²) < 4.78 is 11.9. The van der Waals surface area contributed by atoms with E-state index in [-0.39, 0.29) is 18.2 Å². The van der Waals surface area contributed by atoms with Crippen molar-refractivity contribution >= 4 is 17.8 Å². The molecule has 4 aliphatic rings. The lowest BCUT2D eigenvalue weighted by molar-refractivity contribution is -0.145. The number of ether oxygens (including phenoxy) is 2. The number of benzene rings is 1. The van der Waals surface area contributed by atoms with Gasteiger partial charge >= 0.3 is 17.8 Å². The van der Waals surface area contributed by atoms with Crippen LogP contribution >= 0.6 is 0 Å². The van der Waals surface area contributed by atoms with Crippen LogP contribution in [0.2, 0.25) is 0 Å². The number of amides is 4. The fraction of sp³-hybridized carbons (Fsp3) is 0.591. The third-order valence-corrected chi connectivity index (χ3v) is 6.60. The summed E-state index contributed by atoms with van der Waals surface area (Å²) >= 11 is 0. The van der Waals surface area contributed by atoms with Gasteiger partial charge in [0.1, 0.15) is 12.7 Å². The SMILES string of the molecule is O=C1C(=O)N(C2CCCN(CC3COc4ccccc4O3)C2)C(=O)N1C1CCCC1. The minimum absolute atomic E-state index is 0.111. The number of likely N-dealkylation sites (tertiary alicyclic amines) is 1. The fourth-order valence-electron chi connectivity index (χ4n) is 5.15. The Morgan fingerprint density at radius 2 is 1.53 bits per heavy atom. The Bertz CT molecular complexity index is 853. The van der Waals surface area contributed by atoms with Crippen molar-refractivity contribution in [1.82, 2.24) is 14.7 Å². The Balaban J connectivity index is 1.24. The lowest BCUT2D eigenvalue weighted by Gasteiger charge is -2.38. The highest BCUT2D eigenvalue weighted by Crippen LogP contribution is 2.32. The third kappa shape index (κ3) is 3.43. The van der Waals surface area contributed by atoms with E-state index >= 15 is 0 Å². The van der Waals surface area contributed by atoms with Crippen LogP contribution in [0.3, 0.4) is 0 Å². The van der Waals surface area contributed by atoms with Crippen molar-refractivity contribution in [1.29, 1.82) is 0 Å². The quantitative estimate of drug-likeness (QED) is 0.555. The van der Waals surface area contributed by atoms with E-state index in [1.807, 2.05) is 24.3 Å². The number of hydrogen-bond acceptors (Lipinski definition) is 6. The highest BCUT2D eigenvalue weighted by Gasteiger charge is 2.51. The maximum absolute atomic E-state index is 13.0. The van der Waals surface area contributed by atoms with Crippen LogP contribution in [0.25, 0.3) is 0 Å². The first-order valence-electron chi connectivity index (χ1n) is 10.9. The molecule has 1 aromatic rings. The van der Waals surface area contributed by atoms with Crippen molar-refractivity contribution in [3.8, 4) is 11.5 Å². The van der Waals surface area contributed by atoms with Crippen LogP contribution in [-0.2, 0) is 9.59 Å². The van der Waals surface area contributed by atoms with Gasteiger partial charge in [-0.3, -0.25) is 24.3 Å². The number of carbonyl (C=O) groups excluding carboxylic acids is 3. The lowest BCUT2D eigenvalue weighted by Crippen LogP contribution is -2.53. The second-order valence-corrected chi connectivity index (χ2v) is 8.62. The molecule has 0 aromatic heterocycles. The second kappa shape index (κ2) is 7.91. The first-order chi connectivity index (χ1) is 14.6. The van der Waals surface area contributed by atoms with Gasteiger partial charge in [-0.2, -0.15) is 0 Å². The molecular formula is C22H27N3O5. The van der Waals surface area contributed by atoms with Crippen molar-refractivity contribution in [3.05, 3.63) is 24.3 Å². The number of hydrogen-bond donors (Lipinski definition) is 0. The van der Waals surface area contributed by atoms with E-state index < -0.39 is 17.8 Å². The van der Waals surface area contributed by atoms with Crippen LogP contribution in [0.15, 0.2) is 24.3 Å². The number of para-hydroxylation sites is 2. The smallest absolute Gasteiger partial charge is 0.334 e. The normalized spacial score (nSPS) is 27.9. The standard InChI is InChI=1S/C22H27N3O5/c26-20-21(27)25(22(28)24(20)15-6-1-2-7-15)16-8-5-11-23(12-16)13-17-14-29-18-9-3-4-10-19(18)30-17/h3-4,9-10,15-17H,1-2,5-8,11-14H2. The Labute approximate surface area is 175 Å². The summed E-state index contributed by atoms with van der Waals surface area (Å²) in [7, 11) is 0. The van der Waals surface area contributed by atoms with E-state index in [1.54, 1.807) is 0 Å². The molecule has 0 spiro atoms. The van der Waals surface area contributed by atoms with Crippen LogP contribution < -0.4 is 9.47 Å². The Morgan fingerprint density at radius 1 is 0.867 bits per heavy atom. The van der Waals surface area contributed by atoms with Gasteiger partial charge in [-0.25, -0.2) is 4.79 Å². The summed E-state index contributed by atoms with van der Waals surface area (Å²) in [4.78, 5) is 42.9. The molecule has 0 N–H and O–H groups in total. The Kier molecular flexibility index (Phi) is 5.10. The van der Waals surface area contributed by atoms with Crippen LogP contribution in [0.1, 0.15) is 38.5 Å². The predicted octanol–water partition coefficient (Wildman–Crippen LogP) is 2.02. The Morgan fingerprint density at radius 3 is 2.30 bits per heavy atom. The van der Waals surface area contributed by atoms with Crippen LogP contribution in [0.5, 0.6) is 11.5 Å². The first kappa shape index (κ1) is 19.4. The minimum Gasteiger partial charge on any atom is -0.486 e. The summed E-state index contributed by atoms with van der Waals surface area (Å²) in [6.45, 7) is 2.55. The van der Waals surface area contributed by atoms with E-state index in [0.29, 0.717) is 19.7 Å². The zero-order chi connectivity index (χ0) is 20.7. The number of piperidine rings is 1. The molecule has 3 aliphatic heterocycles. The average molecular weight is 413 g/mol.